The van der Waals surface area contributed by atoms with Gasteiger partial charge in [-0.05, 0) is 23.3 Å². The zero-order valence-corrected chi connectivity index (χ0v) is 13.1. The molecule has 0 fully saturated rings. The van der Waals surface area contributed by atoms with Crippen LogP contribution in [0.3, 0.4) is 0 Å². The molecule has 4 nitrogen and oxygen atoms in total. The van der Waals surface area contributed by atoms with Gasteiger partial charge in [0.1, 0.15) is 5.41 Å². The number of nitrogens with two attached hydrogens (primary N) is 1. The molecule has 114 valence electrons. The second-order valence-electron chi connectivity index (χ2n) is 5.20. The summed E-state index contributed by atoms with van der Waals surface area (Å²) in [6.07, 6.45) is 0. The molecule has 2 N–H and O–H groups in total. The predicted molar refractivity (Wildman–Crippen MR) is 87.4 cm³/mol. The summed E-state index contributed by atoms with van der Waals surface area (Å²) in [7, 11) is 1.27. The van der Waals surface area contributed by atoms with Crippen LogP contribution in [0.15, 0.2) is 54.1 Å². The van der Waals surface area contributed by atoms with E-state index in [2.05, 4.69) is 6.07 Å². The van der Waals surface area contributed by atoms with Crippen molar-refractivity contribution in [2.75, 3.05) is 7.11 Å². The molecule has 1 unspecified atom stereocenters. The van der Waals surface area contributed by atoms with Crippen LogP contribution in [0, 0.1) is 11.3 Å². The van der Waals surface area contributed by atoms with E-state index < -0.39 is 11.4 Å². The molecule has 0 aliphatic heterocycles. The number of hydrogen-bond donors (Lipinski definition) is 1. The molecular weight excluding hydrogens is 312 g/mol. The zero-order chi connectivity index (χ0) is 16.6. The zero-order valence-electron chi connectivity index (χ0n) is 12.3. The van der Waals surface area contributed by atoms with Gasteiger partial charge in [-0.3, -0.25) is 0 Å². The van der Waals surface area contributed by atoms with Crippen molar-refractivity contribution in [1.29, 1.82) is 5.26 Å². The Bertz CT molecular complexity index is 868. The second-order valence-corrected chi connectivity index (χ2v) is 5.63. The Morgan fingerprint density at radius 3 is 2.57 bits per heavy atom. The van der Waals surface area contributed by atoms with Gasteiger partial charge in [0.2, 0.25) is 0 Å². The number of halogens is 1. The lowest BCUT2D eigenvalue weighted by Gasteiger charge is -2.25. The first-order chi connectivity index (χ1) is 11.1. The number of carbonyl (C=O) groups is 1. The normalized spacial score (nSPS) is 19.2. The first-order valence-electron chi connectivity index (χ1n) is 6.92. The van der Waals surface area contributed by atoms with Gasteiger partial charge in [-0.1, -0.05) is 48.0 Å². The van der Waals surface area contributed by atoms with E-state index >= 15 is 0 Å². The number of benzene rings is 2. The van der Waals surface area contributed by atoms with Crippen LogP contribution in [0.25, 0.3) is 5.70 Å². The van der Waals surface area contributed by atoms with Gasteiger partial charge in [0.05, 0.1) is 24.4 Å². The molecule has 0 saturated heterocycles. The van der Waals surface area contributed by atoms with Crippen molar-refractivity contribution in [2.24, 2.45) is 5.73 Å². The highest BCUT2D eigenvalue weighted by atomic mass is 35.5. The molecule has 1 aliphatic carbocycles. The van der Waals surface area contributed by atoms with E-state index in [-0.39, 0.29) is 11.3 Å². The Morgan fingerprint density at radius 1 is 1.26 bits per heavy atom. The molecule has 0 aromatic heterocycles. The Labute approximate surface area is 138 Å². The molecule has 0 saturated carbocycles. The van der Waals surface area contributed by atoms with Crippen LogP contribution in [-0.2, 0) is 14.9 Å². The molecule has 1 aliphatic rings. The summed E-state index contributed by atoms with van der Waals surface area (Å²) in [5.74, 6) is -0.625. The van der Waals surface area contributed by atoms with Gasteiger partial charge in [-0.25, -0.2) is 4.79 Å². The van der Waals surface area contributed by atoms with Gasteiger partial charge in [0.25, 0.3) is 0 Å². The molecule has 1 atom stereocenters. The summed E-state index contributed by atoms with van der Waals surface area (Å²) < 4.78 is 4.88. The third-order valence-corrected chi connectivity index (χ3v) is 4.32. The number of fused-ring (bicyclic) bond motifs is 1. The van der Waals surface area contributed by atoms with Gasteiger partial charge in [0, 0.05) is 10.6 Å². The predicted octanol–water partition coefficient (Wildman–Crippen LogP) is 3.01. The molecule has 2 aromatic carbocycles. The minimum absolute atomic E-state index is 0.131. The summed E-state index contributed by atoms with van der Waals surface area (Å²) in [4.78, 5) is 12.4. The quantitative estimate of drug-likeness (QED) is 0.861. The Morgan fingerprint density at radius 2 is 1.96 bits per heavy atom. The minimum Gasteiger partial charge on any atom is -0.466 e. The van der Waals surface area contributed by atoms with Crippen molar-refractivity contribution >= 4 is 23.3 Å². The molecule has 0 bridgehead atoms. The molecule has 3 rings (SSSR count). The van der Waals surface area contributed by atoms with Crippen LogP contribution in [0.4, 0.5) is 0 Å². The van der Waals surface area contributed by atoms with Crippen molar-refractivity contribution in [1.82, 2.24) is 0 Å². The highest BCUT2D eigenvalue weighted by Gasteiger charge is 2.50. The fraction of sp³-hybridized carbons (Fsp3) is 0.111. The van der Waals surface area contributed by atoms with E-state index in [4.69, 9.17) is 22.1 Å². The molecule has 0 spiro atoms. The van der Waals surface area contributed by atoms with Crippen molar-refractivity contribution in [3.05, 3.63) is 75.8 Å². The maximum atomic E-state index is 12.4. The van der Waals surface area contributed by atoms with Gasteiger partial charge >= 0.3 is 5.97 Å². The fourth-order valence-corrected chi connectivity index (χ4v) is 3.24. The Balaban J connectivity index is 2.43. The van der Waals surface area contributed by atoms with Crippen molar-refractivity contribution in [3.8, 4) is 6.07 Å². The number of carbonyl (C=O) groups excluding carboxylic acids is 1. The Kier molecular flexibility index (Phi) is 3.59. The van der Waals surface area contributed by atoms with Crippen molar-refractivity contribution in [2.45, 2.75) is 5.41 Å². The maximum Gasteiger partial charge on any atom is 0.338 e. The highest BCUT2D eigenvalue weighted by molar-refractivity contribution is 6.30. The Hall–Kier alpha value is -2.77. The van der Waals surface area contributed by atoms with Crippen LogP contribution < -0.4 is 5.73 Å². The highest BCUT2D eigenvalue weighted by Crippen LogP contribution is 2.49. The number of hydrogen-bond acceptors (Lipinski definition) is 4. The molecule has 0 heterocycles. The van der Waals surface area contributed by atoms with E-state index in [0.717, 1.165) is 0 Å². The van der Waals surface area contributed by atoms with Crippen molar-refractivity contribution in [3.63, 3.8) is 0 Å². The van der Waals surface area contributed by atoms with E-state index in [9.17, 15) is 10.1 Å². The number of methoxy groups -OCH3 is 1. The van der Waals surface area contributed by atoms with E-state index in [1.54, 1.807) is 30.3 Å². The topological polar surface area (TPSA) is 76.1 Å². The van der Waals surface area contributed by atoms with Crippen LogP contribution in [0.5, 0.6) is 0 Å². The van der Waals surface area contributed by atoms with E-state index in [1.807, 2.05) is 18.2 Å². The number of nitrogens with zero attached hydrogens (tertiary/aromatic N) is 1. The standard InChI is InChI=1S/C18H13ClN2O2/c1-23-17(22)15-16(21)13-8-7-12(19)9-14(13)18(15,10-20)11-5-3-2-4-6-11/h2-9H,21H2,1H3. The number of rotatable bonds is 2. The monoisotopic (exact) mass is 324 g/mol. The summed E-state index contributed by atoms with van der Waals surface area (Å²) in [5, 5.41) is 10.5. The first kappa shape index (κ1) is 15.1. The third-order valence-electron chi connectivity index (χ3n) is 4.08. The molecule has 5 heteroatoms. The number of nitriles is 1. The SMILES string of the molecule is COC(=O)C1=C(N)c2ccc(Cl)cc2C1(C#N)c1ccccc1. The summed E-state index contributed by atoms with van der Waals surface area (Å²) in [6, 6.07) is 16.4. The summed E-state index contributed by atoms with van der Waals surface area (Å²) in [6.45, 7) is 0. The van der Waals surface area contributed by atoms with Gasteiger partial charge in [-0.15, -0.1) is 0 Å². The van der Waals surface area contributed by atoms with Crippen LogP contribution in [0.2, 0.25) is 5.02 Å². The molecule has 23 heavy (non-hydrogen) atoms. The maximum absolute atomic E-state index is 12.4. The van der Waals surface area contributed by atoms with E-state index in [0.29, 0.717) is 21.7 Å². The van der Waals surface area contributed by atoms with Gasteiger partial charge in [-0.2, -0.15) is 5.26 Å². The van der Waals surface area contributed by atoms with Gasteiger partial charge < -0.3 is 10.5 Å². The molecular formula is C18H13ClN2O2. The van der Waals surface area contributed by atoms with Crippen LogP contribution >= 0.6 is 11.6 Å². The smallest absolute Gasteiger partial charge is 0.338 e. The third kappa shape index (κ3) is 2.01. The van der Waals surface area contributed by atoms with Crippen LogP contribution in [-0.4, -0.2) is 13.1 Å². The van der Waals surface area contributed by atoms with E-state index in [1.165, 1.54) is 7.11 Å². The molecule has 0 radical (unpaired) electrons. The second kappa shape index (κ2) is 5.45. The van der Waals surface area contributed by atoms with Crippen LogP contribution in [0.1, 0.15) is 16.7 Å². The largest absolute Gasteiger partial charge is 0.466 e. The average molecular weight is 325 g/mol. The lowest BCUT2D eigenvalue weighted by Crippen LogP contribution is -2.31. The molecule has 0 amide bonds. The molecule has 2 aromatic rings. The minimum atomic E-state index is -1.33. The lowest BCUT2D eigenvalue weighted by molar-refractivity contribution is -0.136. The number of ether oxygens (including phenoxy) is 1. The number of esters is 1. The summed E-state index contributed by atoms with van der Waals surface area (Å²) in [5.41, 5.74) is 7.10. The lowest BCUT2D eigenvalue weighted by atomic mass is 9.73. The summed E-state index contributed by atoms with van der Waals surface area (Å²) >= 11 is 6.12. The first-order valence-corrected chi connectivity index (χ1v) is 7.29. The van der Waals surface area contributed by atoms with Gasteiger partial charge in [0.15, 0.2) is 0 Å². The van der Waals surface area contributed by atoms with Crippen molar-refractivity contribution < 1.29 is 9.53 Å². The average Bonchev–Trinajstić information content (AvgIpc) is 2.83. The fourth-order valence-electron chi connectivity index (χ4n) is 3.07.